The first kappa shape index (κ1) is 13.0. The second-order valence-electron chi connectivity index (χ2n) is 4.00. The Bertz CT molecular complexity index is 764. The Morgan fingerprint density at radius 2 is 1.80 bits per heavy atom. The van der Waals surface area contributed by atoms with Crippen molar-refractivity contribution in [2.24, 2.45) is 0 Å². The van der Waals surface area contributed by atoms with Crippen molar-refractivity contribution in [3.05, 3.63) is 46.8 Å². The lowest BCUT2D eigenvalue weighted by Crippen LogP contribution is -2.13. The highest BCUT2D eigenvalue weighted by Crippen LogP contribution is 2.31. The van der Waals surface area contributed by atoms with Crippen LogP contribution in [0.1, 0.15) is 5.69 Å². The third-order valence-corrected chi connectivity index (χ3v) is 3.21. The molecule has 2 heterocycles. The van der Waals surface area contributed by atoms with Crippen molar-refractivity contribution in [2.75, 3.05) is 0 Å². The maximum atomic E-state index is 13.0. The minimum Gasteiger partial charge on any atom is -0.211 e. The molecule has 0 saturated heterocycles. The normalized spacial score (nSPS) is 12.0. The van der Waals surface area contributed by atoms with Gasteiger partial charge in [-0.05, 0) is 18.2 Å². The molecule has 20 heavy (non-hydrogen) atoms. The van der Waals surface area contributed by atoms with Gasteiger partial charge in [-0.25, -0.2) is 4.98 Å². The fraction of sp³-hybridized carbons (Fsp3) is 0.0833. The summed E-state index contributed by atoms with van der Waals surface area (Å²) in [7, 11) is 0. The molecule has 3 aromatic rings. The summed E-state index contributed by atoms with van der Waals surface area (Å²) >= 11 is 3.27. The van der Waals surface area contributed by atoms with Gasteiger partial charge in [-0.3, -0.25) is 0 Å². The molecule has 8 heteroatoms. The van der Waals surface area contributed by atoms with Crippen molar-refractivity contribution in [3.63, 3.8) is 0 Å². The molecule has 0 aliphatic heterocycles. The van der Waals surface area contributed by atoms with Crippen molar-refractivity contribution >= 4 is 21.7 Å². The van der Waals surface area contributed by atoms with E-state index in [-0.39, 0.29) is 11.5 Å². The predicted molar refractivity (Wildman–Crippen MR) is 68.9 cm³/mol. The number of rotatable bonds is 1. The second-order valence-corrected chi connectivity index (χ2v) is 4.92. The number of alkyl halides is 3. The zero-order chi connectivity index (χ0) is 14.3. The Labute approximate surface area is 119 Å². The van der Waals surface area contributed by atoms with Crippen LogP contribution in [0.5, 0.6) is 0 Å². The van der Waals surface area contributed by atoms with Crippen LogP contribution < -0.4 is 0 Å². The minimum atomic E-state index is -4.53. The minimum absolute atomic E-state index is 0.0854. The standard InChI is InChI=1S/C12H6BrF3N4/c13-8-3-1-7(2-4-8)9-5-10(12(14,15)16)20-11(19-9)17-6-18-20/h1-6H. The number of hydrogen-bond acceptors (Lipinski definition) is 3. The third kappa shape index (κ3) is 2.26. The van der Waals surface area contributed by atoms with Crippen LogP contribution in [-0.4, -0.2) is 19.6 Å². The Kier molecular flexibility index (Phi) is 2.97. The van der Waals surface area contributed by atoms with Gasteiger partial charge in [0.15, 0.2) is 5.69 Å². The summed E-state index contributed by atoms with van der Waals surface area (Å²) in [5.74, 6) is -0.0854. The first-order chi connectivity index (χ1) is 9.45. The summed E-state index contributed by atoms with van der Waals surface area (Å²) in [6.07, 6.45) is -3.48. The Morgan fingerprint density at radius 3 is 2.45 bits per heavy atom. The summed E-state index contributed by atoms with van der Waals surface area (Å²) in [6, 6.07) is 7.79. The summed E-state index contributed by atoms with van der Waals surface area (Å²) in [6.45, 7) is 0. The largest absolute Gasteiger partial charge is 0.433 e. The average molecular weight is 343 g/mol. The fourth-order valence-electron chi connectivity index (χ4n) is 1.78. The van der Waals surface area contributed by atoms with Crippen LogP contribution in [0.15, 0.2) is 41.1 Å². The Morgan fingerprint density at radius 1 is 1.10 bits per heavy atom. The molecule has 0 atom stereocenters. The smallest absolute Gasteiger partial charge is 0.211 e. The number of halogens is 4. The summed E-state index contributed by atoms with van der Waals surface area (Å²) in [5, 5.41) is 3.55. The summed E-state index contributed by atoms with van der Waals surface area (Å²) in [4.78, 5) is 7.81. The fourth-order valence-corrected chi connectivity index (χ4v) is 2.05. The molecule has 0 unspecified atom stereocenters. The number of aromatic nitrogens is 4. The molecule has 0 fully saturated rings. The molecule has 4 nitrogen and oxygen atoms in total. The second kappa shape index (κ2) is 4.55. The molecule has 102 valence electrons. The Balaban J connectivity index is 2.24. The van der Waals surface area contributed by atoms with E-state index in [2.05, 4.69) is 31.0 Å². The molecule has 0 radical (unpaired) electrons. The van der Waals surface area contributed by atoms with Gasteiger partial charge < -0.3 is 0 Å². The van der Waals surface area contributed by atoms with E-state index in [9.17, 15) is 13.2 Å². The molecular formula is C12H6BrF3N4. The van der Waals surface area contributed by atoms with Gasteiger partial charge in [-0.1, -0.05) is 28.1 Å². The van der Waals surface area contributed by atoms with Gasteiger partial charge >= 0.3 is 6.18 Å². The molecule has 0 aliphatic rings. The lowest BCUT2D eigenvalue weighted by molar-refractivity contribution is -0.142. The van der Waals surface area contributed by atoms with Gasteiger partial charge in [0.05, 0.1) is 5.69 Å². The maximum absolute atomic E-state index is 13.0. The highest BCUT2D eigenvalue weighted by atomic mass is 79.9. The lowest BCUT2D eigenvalue weighted by atomic mass is 10.1. The van der Waals surface area contributed by atoms with Crippen LogP contribution in [0.4, 0.5) is 13.2 Å². The number of benzene rings is 1. The molecule has 0 bridgehead atoms. The molecule has 0 spiro atoms. The van der Waals surface area contributed by atoms with Gasteiger partial charge in [-0.2, -0.15) is 27.8 Å². The molecule has 0 aliphatic carbocycles. The van der Waals surface area contributed by atoms with Crippen LogP contribution >= 0.6 is 15.9 Å². The number of hydrogen-bond donors (Lipinski definition) is 0. The van der Waals surface area contributed by atoms with E-state index >= 15 is 0 Å². The van der Waals surface area contributed by atoms with Gasteiger partial charge in [-0.15, -0.1) is 0 Å². The first-order valence-electron chi connectivity index (χ1n) is 5.49. The van der Waals surface area contributed by atoms with Crippen LogP contribution in [-0.2, 0) is 6.18 Å². The van der Waals surface area contributed by atoms with E-state index in [1.54, 1.807) is 24.3 Å². The number of fused-ring (bicyclic) bond motifs is 1. The maximum Gasteiger partial charge on any atom is 0.433 e. The van der Waals surface area contributed by atoms with E-state index in [1.165, 1.54) is 0 Å². The van der Waals surface area contributed by atoms with Crippen molar-refractivity contribution in [1.82, 2.24) is 19.6 Å². The van der Waals surface area contributed by atoms with Gasteiger partial charge in [0, 0.05) is 10.0 Å². The molecule has 2 aromatic heterocycles. The zero-order valence-corrected chi connectivity index (χ0v) is 11.4. The van der Waals surface area contributed by atoms with Crippen LogP contribution in [0.25, 0.3) is 17.0 Å². The number of nitrogens with zero attached hydrogens (tertiary/aromatic N) is 4. The Hall–Kier alpha value is -1.96. The van der Waals surface area contributed by atoms with E-state index in [1.807, 2.05) is 0 Å². The monoisotopic (exact) mass is 342 g/mol. The van der Waals surface area contributed by atoms with Crippen molar-refractivity contribution in [2.45, 2.75) is 6.18 Å². The van der Waals surface area contributed by atoms with E-state index in [0.29, 0.717) is 10.1 Å². The quantitative estimate of drug-likeness (QED) is 0.678. The summed E-state index contributed by atoms with van der Waals surface area (Å²) in [5.41, 5.74) is -0.132. The summed E-state index contributed by atoms with van der Waals surface area (Å²) < 4.78 is 40.6. The van der Waals surface area contributed by atoms with E-state index in [0.717, 1.165) is 16.9 Å². The third-order valence-electron chi connectivity index (χ3n) is 2.68. The van der Waals surface area contributed by atoms with Crippen molar-refractivity contribution in [3.8, 4) is 11.3 Å². The highest BCUT2D eigenvalue weighted by Gasteiger charge is 2.35. The van der Waals surface area contributed by atoms with Crippen LogP contribution in [0.2, 0.25) is 0 Å². The van der Waals surface area contributed by atoms with Gasteiger partial charge in [0.25, 0.3) is 5.78 Å². The van der Waals surface area contributed by atoms with Gasteiger partial charge in [0.2, 0.25) is 0 Å². The first-order valence-corrected chi connectivity index (χ1v) is 6.28. The molecule has 3 rings (SSSR count). The highest BCUT2D eigenvalue weighted by molar-refractivity contribution is 9.10. The average Bonchev–Trinajstić information content (AvgIpc) is 2.85. The molecule has 1 aromatic carbocycles. The van der Waals surface area contributed by atoms with Crippen molar-refractivity contribution < 1.29 is 13.2 Å². The SMILES string of the molecule is FC(F)(F)c1cc(-c2ccc(Br)cc2)nc2ncnn12. The molecule has 0 amide bonds. The van der Waals surface area contributed by atoms with Crippen LogP contribution in [0.3, 0.4) is 0 Å². The zero-order valence-electron chi connectivity index (χ0n) is 9.76. The topological polar surface area (TPSA) is 43.1 Å². The predicted octanol–water partition coefficient (Wildman–Crippen LogP) is 3.57. The molecular weight excluding hydrogens is 337 g/mol. The molecule has 0 N–H and O–H groups in total. The lowest BCUT2D eigenvalue weighted by Gasteiger charge is -2.10. The van der Waals surface area contributed by atoms with Gasteiger partial charge in [0.1, 0.15) is 6.33 Å². The molecule has 0 saturated carbocycles. The van der Waals surface area contributed by atoms with Crippen LogP contribution in [0, 0.1) is 0 Å². The van der Waals surface area contributed by atoms with E-state index in [4.69, 9.17) is 0 Å². The van der Waals surface area contributed by atoms with E-state index < -0.39 is 11.9 Å². The van der Waals surface area contributed by atoms with Crippen molar-refractivity contribution in [1.29, 1.82) is 0 Å².